The van der Waals surface area contributed by atoms with Gasteiger partial charge in [0.1, 0.15) is 0 Å². The second-order valence-corrected chi connectivity index (χ2v) is 4.75. The molecule has 2 fully saturated rings. The molecule has 82 valence electrons. The molecule has 1 N–H and O–H groups in total. The highest BCUT2D eigenvalue weighted by atomic mass is 16.3. The lowest BCUT2D eigenvalue weighted by atomic mass is 10.2. The van der Waals surface area contributed by atoms with Crippen molar-refractivity contribution in [2.24, 2.45) is 0 Å². The maximum atomic E-state index is 9.22. The van der Waals surface area contributed by atoms with Gasteiger partial charge in [-0.05, 0) is 45.8 Å². The monoisotopic (exact) mass is 198 g/mol. The van der Waals surface area contributed by atoms with Crippen LogP contribution in [0.5, 0.6) is 0 Å². The first kappa shape index (κ1) is 10.4. The predicted molar refractivity (Wildman–Crippen MR) is 57.3 cm³/mol. The van der Waals surface area contributed by atoms with E-state index in [1.54, 1.807) is 0 Å². The van der Waals surface area contributed by atoms with Crippen molar-refractivity contribution < 1.29 is 5.11 Å². The Morgan fingerprint density at radius 3 is 2.50 bits per heavy atom. The van der Waals surface area contributed by atoms with Gasteiger partial charge in [0.15, 0.2) is 0 Å². The van der Waals surface area contributed by atoms with E-state index in [0.717, 1.165) is 6.04 Å². The van der Waals surface area contributed by atoms with E-state index in [-0.39, 0.29) is 0 Å². The zero-order valence-corrected chi connectivity index (χ0v) is 9.15. The van der Waals surface area contributed by atoms with Crippen LogP contribution < -0.4 is 0 Å². The molecule has 0 amide bonds. The molecule has 3 heteroatoms. The van der Waals surface area contributed by atoms with Crippen LogP contribution in [-0.2, 0) is 0 Å². The van der Waals surface area contributed by atoms with Crippen LogP contribution in [0, 0.1) is 0 Å². The molecule has 0 spiro atoms. The molecule has 1 unspecified atom stereocenters. The Bertz CT molecular complexity index is 186. The van der Waals surface area contributed by atoms with Gasteiger partial charge in [0.25, 0.3) is 0 Å². The van der Waals surface area contributed by atoms with Crippen molar-refractivity contribution in [1.29, 1.82) is 0 Å². The molecule has 0 saturated carbocycles. The van der Waals surface area contributed by atoms with Crippen LogP contribution in [0.3, 0.4) is 0 Å². The third-order valence-electron chi connectivity index (χ3n) is 3.83. The molecule has 2 aliphatic rings. The lowest BCUT2D eigenvalue weighted by Gasteiger charge is -2.29. The molecular weight excluding hydrogens is 176 g/mol. The molecule has 0 aromatic carbocycles. The molecule has 0 aliphatic carbocycles. The molecule has 2 saturated heterocycles. The highest BCUT2D eigenvalue weighted by molar-refractivity contribution is 4.85. The van der Waals surface area contributed by atoms with Crippen LogP contribution in [0.2, 0.25) is 0 Å². The quantitative estimate of drug-likeness (QED) is 0.717. The maximum absolute atomic E-state index is 9.22. The van der Waals surface area contributed by atoms with Crippen molar-refractivity contribution in [3.63, 3.8) is 0 Å². The van der Waals surface area contributed by atoms with Crippen molar-refractivity contribution in [2.75, 3.05) is 33.3 Å². The largest absolute Gasteiger partial charge is 0.395 e. The average Bonchev–Trinajstić information content (AvgIpc) is 2.77. The SMILES string of the molecule is CN1CCCC1CN1CCC[C@H]1CO. The zero-order chi connectivity index (χ0) is 9.97. The molecule has 2 rings (SSSR count). The van der Waals surface area contributed by atoms with Crippen LogP contribution in [0.4, 0.5) is 0 Å². The highest BCUT2D eigenvalue weighted by Crippen LogP contribution is 2.21. The summed E-state index contributed by atoms with van der Waals surface area (Å²) in [5.41, 5.74) is 0. The predicted octanol–water partition coefficient (Wildman–Crippen LogP) is 0.537. The summed E-state index contributed by atoms with van der Waals surface area (Å²) in [4.78, 5) is 4.94. The smallest absolute Gasteiger partial charge is 0.0586 e. The van der Waals surface area contributed by atoms with Gasteiger partial charge in [-0.2, -0.15) is 0 Å². The first-order chi connectivity index (χ1) is 6.81. The first-order valence-corrected chi connectivity index (χ1v) is 5.86. The number of rotatable bonds is 3. The summed E-state index contributed by atoms with van der Waals surface area (Å²) >= 11 is 0. The molecule has 0 radical (unpaired) electrons. The van der Waals surface area contributed by atoms with Gasteiger partial charge in [0.2, 0.25) is 0 Å². The van der Waals surface area contributed by atoms with Crippen LogP contribution in [0.25, 0.3) is 0 Å². The zero-order valence-electron chi connectivity index (χ0n) is 9.15. The summed E-state index contributed by atoms with van der Waals surface area (Å²) in [5.74, 6) is 0. The maximum Gasteiger partial charge on any atom is 0.0586 e. The van der Waals surface area contributed by atoms with Crippen LogP contribution in [0.1, 0.15) is 25.7 Å². The number of hydrogen-bond acceptors (Lipinski definition) is 3. The summed E-state index contributed by atoms with van der Waals surface area (Å²) in [6, 6.07) is 1.19. The molecule has 14 heavy (non-hydrogen) atoms. The fraction of sp³-hybridized carbons (Fsp3) is 1.00. The van der Waals surface area contributed by atoms with Crippen LogP contribution in [0.15, 0.2) is 0 Å². The Balaban J connectivity index is 1.83. The van der Waals surface area contributed by atoms with Crippen molar-refractivity contribution in [3.05, 3.63) is 0 Å². The molecule has 0 aromatic heterocycles. The van der Waals surface area contributed by atoms with E-state index in [1.165, 1.54) is 45.3 Å². The minimum Gasteiger partial charge on any atom is -0.395 e. The van der Waals surface area contributed by atoms with Gasteiger partial charge in [-0.15, -0.1) is 0 Å². The van der Waals surface area contributed by atoms with Crippen molar-refractivity contribution in [2.45, 2.75) is 37.8 Å². The van der Waals surface area contributed by atoms with Gasteiger partial charge in [0, 0.05) is 18.6 Å². The molecule has 2 heterocycles. The molecule has 0 aromatic rings. The minimum atomic E-state index is 0.344. The number of nitrogens with zero attached hydrogens (tertiary/aromatic N) is 2. The van der Waals surface area contributed by atoms with E-state index in [1.807, 2.05) is 0 Å². The third-order valence-corrected chi connectivity index (χ3v) is 3.83. The second kappa shape index (κ2) is 4.60. The number of likely N-dealkylation sites (N-methyl/N-ethyl adjacent to an activating group) is 1. The number of aliphatic hydroxyl groups excluding tert-OH is 1. The summed E-state index contributed by atoms with van der Waals surface area (Å²) < 4.78 is 0. The number of hydrogen-bond donors (Lipinski definition) is 1. The van der Waals surface area contributed by atoms with E-state index >= 15 is 0 Å². The van der Waals surface area contributed by atoms with Crippen molar-refractivity contribution in [3.8, 4) is 0 Å². The van der Waals surface area contributed by atoms with Gasteiger partial charge in [-0.25, -0.2) is 0 Å². The lowest BCUT2D eigenvalue weighted by molar-refractivity contribution is 0.130. The van der Waals surface area contributed by atoms with E-state index in [4.69, 9.17) is 0 Å². The van der Waals surface area contributed by atoms with Gasteiger partial charge in [-0.1, -0.05) is 0 Å². The highest BCUT2D eigenvalue weighted by Gasteiger charge is 2.29. The summed E-state index contributed by atoms with van der Waals surface area (Å²) in [7, 11) is 2.22. The standard InChI is InChI=1S/C11H22N2O/c1-12-6-2-4-10(12)8-13-7-3-5-11(13)9-14/h10-11,14H,2-9H2,1H3/t10?,11-/m0/s1. The molecular formula is C11H22N2O. The van der Waals surface area contributed by atoms with Crippen LogP contribution >= 0.6 is 0 Å². The topological polar surface area (TPSA) is 26.7 Å². The molecule has 2 aliphatic heterocycles. The summed E-state index contributed by atoms with van der Waals surface area (Å²) in [6.45, 7) is 3.95. The third kappa shape index (κ3) is 2.10. The van der Waals surface area contributed by atoms with Gasteiger partial charge >= 0.3 is 0 Å². The Labute approximate surface area is 86.7 Å². The van der Waals surface area contributed by atoms with E-state index in [9.17, 15) is 5.11 Å². The number of aliphatic hydroxyl groups is 1. The Hall–Kier alpha value is -0.120. The average molecular weight is 198 g/mol. The van der Waals surface area contributed by atoms with E-state index in [0.29, 0.717) is 12.6 Å². The fourth-order valence-electron chi connectivity index (χ4n) is 2.82. The van der Waals surface area contributed by atoms with Gasteiger partial charge in [0.05, 0.1) is 6.61 Å². The fourth-order valence-corrected chi connectivity index (χ4v) is 2.82. The summed E-state index contributed by atoms with van der Waals surface area (Å²) in [6.07, 6.45) is 5.14. The van der Waals surface area contributed by atoms with Gasteiger partial charge < -0.3 is 10.0 Å². The van der Waals surface area contributed by atoms with Crippen molar-refractivity contribution in [1.82, 2.24) is 9.80 Å². The molecule has 0 bridgehead atoms. The minimum absolute atomic E-state index is 0.344. The Morgan fingerprint density at radius 2 is 1.86 bits per heavy atom. The van der Waals surface area contributed by atoms with Gasteiger partial charge in [-0.3, -0.25) is 4.90 Å². The normalized spacial score (nSPS) is 35.6. The second-order valence-electron chi connectivity index (χ2n) is 4.75. The lowest BCUT2D eigenvalue weighted by Crippen LogP contribution is -2.42. The number of likely N-dealkylation sites (tertiary alicyclic amines) is 2. The van der Waals surface area contributed by atoms with Crippen molar-refractivity contribution >= 4 is 0 Å². The van der Waals surface area contributed by atoms with E-state index in [2.05, 4.69) is 16.8 Å². The van der Waals surface area contributed by atoms with Crippen LogP contribution in [-0.4, -0.2) is 60.3 Å². The van der Waals surface area contributed by atoms with E-state index < -0.39 is 0 Å². The first-order valence-electron chi connectivity index (χ1n) is 5.86. The summed E-state index contributed by atoms with van der Waals surface area (Å²) in [5, 5.41) is 9.22. The molecule has 2 atom stereocenters. The Morgan fingerprint density at radius 1 is 1.14 bits per heavy atom. The Kier molecular flexibility index (Phi) is 3.42. The molecule has 3 nitrogen and oxygen atoms in total.